The van der Waals surface area contributed by atoms with Crippen molar-refractivity contribution in [2.24, 2.45) is 0 Å². The maximum absolute atomic E-state index is 14.2. The van der Waals surface area contributed by atoms with E-state index in [9.17, 15) is 8.78 Å². The van der Waals surface area contributed by atoms with Crippen LogP contribution < -0.4 is 10.1 Å². The van der Waals surface area contributed by atoms with Gasteiger partial charge in [0.25, 0.3) is 0 Å². The maximum atomic E-state index is 14.2. The molecular weight excluding hydrogens is 272 g/mol. The van der Waals surface area contributed by atoms with Crippen LogP contribution in [-0.2, 0) is 6.42 Å². The second kappa shape index (κ2) is 7.18. The number of ether oxygens (including phenoxy) is 1. The monoisotopic (exact) mass is 291 g/mol. The van der Waals surface area contributed by atoms with Crippen molar-refractivity contribution in [3.05, 3.63) is 65.2 Å². The number of methoxy groups -OCH3 is 1. The molecule has 0 radical (unpaired) electrons. The van der Waals surface area contributed by atoms with Gasteiger partial charge < -0.3 is 10.1 Å². The Balaban J connectivity index is 2.28. The van der Waals surface area contributed by atoms with Crippen LogP contribution in [0, 0.1) is 11.6 Å². The molecule has 112 valence electrons. The predicted molar refractivity (Wildman–Crippen MR) is 79.5 cm³/mol. The number of nitrogens with one attached hydrogen (secondary N) is 1. The van der Waals surface area contributed by atoms with Crippen molar-refractivity contribution < 1.29 is 13.5 Å². The molecule has 2 nitrogen and oxygen atoms in total. The summed E-state index contributed by atoms with van der Waals surface area (Å²) in [5, 5.41) is 3.27. The molecule has 1 N–H and O–H groups in total. The standard InChI is InChI=1S/C17H19F2NO/c1-3-20-15(12-6-4-8-14(18)10-12)11-13-7-5-9-16(21-2)17(13)19/h4-10,15,20H,3,11H2,1-2H3. The molecule has 0 bridgehead atoms. The van der Waals surface area contributed by atoms with Gasteiger partial charge in [0.2, 0.25) is 0 Å². The van der Waals surface area contributed by atoms with E-state index in [0.717, 1.165) is 5.56 Å². The van der Waals surface area contributed by atoms with Crippen molar-refractivity contribution in [1.82, 2.24) is 5.32 Å². The van der Waals surface area contributed by atoms with Crippen LogP contribution in [0.15, 0.2) is 42.5 Å². The Labute approximate surface area is 123 Å². The van der Waals surface area contributed by atoms with Gasteiger partial charge in [0.1, 0.15) is 5.82 Å². The summed E-state index contributed by atoms with van der Waals surface area (Å²) >= 11 is 0. The van der Waals surface area contributed by atoms with Gasteiger partial charge in [-0.1, -0.05) is 31.2 Å². The van der Waals surface area contributed by atoms with Gasteiger partial charge in [0, 0.05) is 6.04 Å². The summed E-state index contributed by atoms with van der Waals surface area (Å²) in [7, 11) is 1.44. The summed E-state index contributed by atoms with van der Waals surface area (Å²) in [5.74, 6) is -0.428. The molecule has 0 spiro atoms. The number of halogens is 2. The minimum Gasteiger partial charge on any atom is -0.494 e. The lowest BCUT2D eigenvalue weighted by Gasteiger charge is -2.19. The zero-order valence-electron chi connectivity index (χ0n) is 12.2. The molecule has 0 aromatic heterocycles. The highest BCUT2D eigenvalue weighted by Gasteiger charge is 2.16. The third kappa shape index (κ3) is 3.79. The zero-order chi connectivity index (χ0) is 15.2. The lowest BCUT2D eigenvalue weighted by Crippen LogP contribution is -2.23. The third-order valence-electron chi connectivity index (χ3n) is 3.39. The fourth-order valence-electron chi connectivity index (χ4n) is 2.37. The van der Waals surface area contributed by atoms with Crippen molar-refractivity contribution >= 4 is 0 Å². The van der Waals surface area contributed by atoms with Crippen molar-refractivity contribution in [2.45, 2.75) is 19.4 Å². The Kier molecular flexibility index (Phi) is 5.28. The third-order valence-corrected chi connectivity index (χ3v) is 3.39. The second-order valence-corrected chi connectivity index (χ2v) is 4.80. The first-order valence-corrected chi connectivity index (χ1v) is 6.96. The first-order chi connectivity index (χ1) is 10.2. The Morgan fingerprint density at radius 3 is 2.57 bits per heavy atom. The molecule has 0 aliphatic rings. The summed E-state index contributed by atoms with van der Waals surface area (Å²) in [6.07, 6.45) is 0.431. The molecule has 0 heterocycles. The molecule has 0 aliphatic carbocycles. The molecule has 2 aromatic carbocycles. The summed E-state index contributed by atoms with van der Waals surface area (Å²) in [6, 6.07) is 11.3. The number of hydrogen-bond acceptors (Lipinski definition) is 2. The van der Waals surface area contributed by atoms with Crippen LogP contribution in [0.25, 0.3) is 0 Å². The van der Waals surface area contributed by atoms with Crippen molar-refractivity contribution in [2.75, 3.05) is 13.7 Å². The summed E-state index contributed by atoms with van der Waals surface area (Å²) in [4.78, 5) is 0. The first-order valence-electron chi connectivity index (χ1n) is 6.96. The van der Waals surface area contributed by atoms with Crippen LogP contribution in [0.5, 0.6) is 5.75 Å². The van der Waals surface area contributed by atoms with Gasteiger partial charge in [-0.25, -0.2) is 8.78 Å². The molecule has 0 saturated carbocycles. The first kappa shape index (κ1) is 15.4. The molecule has 0 fully saturated rings. The van der Waals surface area contributed by atoms with Crippen LogP contribution in [0.4, 0.5) is 8.78 Å². The molecule has 2 rings (SSSR count). The van der Waals surface area contributed by atoms with Gasteiger partial charge in [-0.3, -0.25) is 0 Å². The normalized spacial score (nSPS) is 12.2. The van der Waals surface area contributed by atoms with Gasteiger partial charge in [0.05, 0.1) is 7.11 Å². The van der Waals surface area contributed by atoms with Crippen molar-refractivity contribution in [1.29, 1.82) is 0 Å². The fourth-order valence-corrected chi connectivity index (χ4v) is 2.37. The van der Waals surface area contributed by atoms with Crippen molar-refractivity contribution in [3.8, 4) is 5.75 Å². The van der Waals surface area contributed by atoms with E-state index < -0.39 is 0 Å². The summed E-state index contributed by atoms with van der Waals surface area (Å²) in [5.41, 5.74) is 1.35. The Morgan fingerprint density at radius 2 is 1.90 bits per heavy atom. The smallest absolute Gasteiger partial charge is 0.168 e. The van der Waals surface area contributed by atoms with Gasteiger partial charge >= 0.3 is 0 Å². The second-order valence-electron chi connectivity index (χ2n) is 4.80. The van der Waals surface area contributed by atoms with Crippen LogP contribution in [0.1, 0.15) is 24.1 Å². The van der Waals surface area contributed by atoms with Gasteiger partial charge in [-0.15, -0.1) is 0 Å². The number of rotatable bonds is 6. The van der Waals surface area contributed by atoms with Crippen molar-refractivity contribution in [3.63, 3.8) is 0 Å². The SMILES string of the molecule is CCNC(Cc1cccc(OC)c1F)c1cccc(F)c1. The van der Waals surface area contributed by atoms with E-state index >= 15 is 0 Å². The molecule has 21 heavy (non-hydrogen) atoms. The largest absolute Gasteiger partial charge is 0.494 e. The average molecular weight is 291 g/mol. The van der Waals surface area contributed by atoms with E-state index in [1.807, 2.05) is 13.0 Å². The maximum Gasteiger partial charge on any atom is 0.168 e. The fraction of sp³-hybridized carbons (Fsp3) is 0.294. The van der Waals surface area contributed by atoms with E-state index in [4.69, 9.17) is 4.74 Å². The molecule has 0 amide bonds. The molecule has 2 aromatic rings. The van der Waals surface area contributed by atoms with E-state index in [2.05, 4.69) is 5.32 Å². The Morgan fingerprint density at radius 1 is 1.14 bits per heavy atom. The zero-order valence-corrected chi connectivity index (χ0v) is 12.2. The van der Waals surface area contributed by atoms with Gasteiger partial charge in [0.15, 0.2) is 11.6 Å². The number of hydrogen-bond donors (Lipinski definition) is 1. The van der Waals surface area contributed by atoms with Crippen LogP contribution in [0.3, 0.4) is 0 Å². The molecular formula is C17H19F2NO. The van der Waals surface area contributed by atoms with E-state index in [0.29, 0.717) is 18.5 Å². The number of likely N-dealkylation sites (N-methyl/N-ethyl adjacent to an activating group) is 1. The summed E-state index contributed by atoms with van der Waals surface area (Å²) < 4.78 is 32.6. The van der Waals surface area contributed by atoms with Crippen LogP contribution >= 0.6 is 0 Å². The van der Waals surface area contributed by atoms with Crippen LogP contribution in [0.2, 0.25) is 0 Å². The molecule has 1 atom stereocenters. The quantitative estimate of drug-likeness (QED) is 0.872. The Hall–Kier alpha value is -1.94. The van der Waals surface area contributed by atoms with Crippen LogP contribution in [-0.4, -0.2) is 13.7 Å². The highest BCUT2D eigenvalue weighted by atomic mass is 19.1. The average Bonchev–Trinajstić information content (AvgIpc) is 2.48. The van der Waals surface area contributed by atoms with Gasteiger partial charge in [-0.2, -0.15) is 0 Å². The highest BCUT2D eigenvalue weighted by molar-refractivity contribution is 5.33. The minimum absolute atomic E-state index is 0.146. The Bertz CT molecular complexity index is 601. The van der Waals surface area contributed by atoms with E-state index in [1.165, 1.54) is 19.2 Å². The molecule has 4 heteroatoms. The minimum atomic E-state index is -0.362. The van der Waals surface area contributed by atoms with E-state index in [-0.39, 0.29) is 23.4 Å². The summed E-state index contributed by atoms with van der Waals surface area (Å²) in [6.45, 7) is 2.68. The predicted octanol–water partition coefficient (Wildman–Crippen LogP) is 3.87. The molecule has 0 saturated heterocycles. The molecule has 0 aliphatic heterocycles. The lowest BCUT2D eigenvalue weighted by molar-refractivity contribution is 0.382. The van der Waals surface area contributed by atoms with Gasteiger partial charge in [-0.05, 0) is 42.3 Å². The number of benzene rings is 2. The lowest BCUT2D eigenvalue weighted by atomic mass is 9.98. The van der Waals surface area contributed by atoms with E-state index in [1.54, 1.807) is 24.3 Å². The highest BCUT2D eigenvalue weighted by Crippen LogP contribution is 2.25. The molecule has 1 unspecified atom stereocenters. The topological polar surface area (TPSA) is 21.3 Å².